The summed E-state index contributed by atoms with van der Waals surface area (Å²) in [5.41, 5.74) is 3.00. The molecule has 1 aromatic carbocycles. The number of ether oxygens (including phenoxy) is 1. The minimum absolute atomic E-state index is 0.230. The molecule has 4 aromatic rings. The molecule has 4 heterocycles. The van der Waals surface area contributed by atoms with E-state index in [1.807, 2.05) is 24.5 Å². The Morgan fingerprint density at radius 2 is 1.97 bits per heavy atom. The Bertz CT molecular complexity index is 1270. The van der Waals surface area contributed by atoms with Crippen molar-refractivity contribution in [1.29, 1.82) is 0 Å². The minimum Gasteiger partial charge on any atom is -0.458 e. The van der Waals surface area contributed by atoms with Crippen LogP contribution in [0.5, 0.6) is 0 Å². The number of furan rings is 1. The lowest BCUT2D eigenvalue weighted by atomic mass is 10.0. The Morgan fingerprint density at radius 3 is 2.76 bits per heavy atom. The van der Waals surface area contributed by atoms with E-state index in [9.17, 15) is 0 Å². The fourth-order valence-corrected chi connectivity index (χ4v) is 5.30. The van der Waals surface area contributed by atoms with Crippen LogP contribution in [0.3, 0.4) is 0 Å². The summed E-state index contributed by atoms with van der Waals surface area (Å²) in [6.07, 6.45) is 4.97. The topological polar surface area (TPSA) is 82.4 Å². The van der Waals surface area contributed by atoms with Crippen molar-refractivity contribution in [3.05, 3.63) is 59.7 Å². The average molecular weight is 478 g/mol. The van der Waals surface area contributed by atoms with Gasteiger partial charge in [0.15, 0.2) is 0 Å². The van der Waals surface area contributed by atoms with Gasteiger partial charge in [-0.1, -0.05) is 42.9 Å². The highest BCUT2D eigenvalue weighted by Gasteiger charge is 2.38. The van der Waals surface area contributed by atoms with Crippen molar-refractivity contribution in [3.63, 3.8) is 0 Å². The van der Waals surface area contributed by atoms with Gasteiger partial charge < -0.3 is 23.0 Å². The minimum atomic E-state index is -1.12. The Morgan fingerprint density at radius 1 is 1.12 bits per heavy atom. The molecule has 1 saturated carbocycles. The van der Waals surface area contributed by atoms with Gasteiger partial charge in [-0.3, -0.25) is 0 Å². The largest absolute Gasteiger partial charge is 0.458 e. The van der Waals surface area contributed by atoms with Crippen molar-refractivity contribution < 1.29 is 13.6 Å². The molecule has 178 valence electrons. The second-order valence-corrected chi connectivity index (χ2v) is 16.2. The first-order valence-electron chi connectivity index (χ1n) is 12.2. The van der Waals surface area contributed by atoms with E-state index in [1.54, 1.807) is 0 Å². The molecule has 0 spiro atoms. The molecule has 1 aliphatic heterocycles. The van der Waals surface area contributed by atoms with E-state index >= 15 is 0 Å². The van der Waals surface area contributed by atoms with Gasteiger partial charge in [0.05, 0.1) is 12.0 Å². The molecule has 0 amide bonds. The lowest BCUT2D eigenvalue weighted by molar-refractivity contribution is 0.0850. The van der Waals surface area contributed by atoms with Gasteiger partial charge in [-0.15, -0.1) is 5.10 Å². The molecular weight excluding hydrogens is 446 g/mol. The summed E-state index contributed by atoms with van der Waals surface area (Å²) in [4.78, 5) is 6.98. The molecule has 2 aliphatic rings. The van der Waals surface area contributed by atoms with Crippen molar-refractivity contribution in [3.8, 4) is 0 Å². The highest BCUT2D eigenvalue weighted by Crippen LogP contribution is 2.43. The molecular formula is C25H31N5O3Si. The van der Waals surface area contributed by atoms with Gasteiger partial charge in [0, 0.05) is 44.6 Å². The predicted molar refractivity (Wildman–Crippen MR) is 132 cm³/mol. The average Bonchev–Trinajstić information content (AvgIpc) is 3.22. The molecule has 1 unspecified atom stereocenters. The van der Waals surface area contributed by atoms with E-state index < -0.39 is 8.07 Å². The van der Waals surface area contributed by atoms with E-state index in [-0.39, 0.29) is 6.04 Å². The van der Waals surface area contributed by atoms with Crippen LogP contribution in [0.15, 0.2) is 45.5 Å². The summed E-state index contributed by atoms with van der Waals surface area (Å²) < 4.78 is 20.6. The van der Waals surface area contributed by atoms with Crippen molar-refractivity contribution in [1.82, 2.24) is 19.7 Å². The van der Waals surface area contributed by atoms with Gasteiger partial charge in [-0.2, -0.15) is 0 Å². The maximum atomic E-state index is 6.32. The normalized spacial score (nSPS) is 18.6. The summed E-state index contributed by atoms with van der Waals surface area (Å²) in [5.74, 6) is 1.99. The van der Waals surface area contributed by atoms with Crippen LogP contribution in [0, 0.1) is 0 Å². The second kappa shape index (κ2) is 8.39. The fourth-order valence-electron chi connectivity index (χ4n) is 4.55. The van der Waals surface area contributed by atoms with E-state index in [4.69, 9.17) is 18.6 Å². The zero-order chi connectivity index (χ0) is 23.3. The highest BCUT2D eigenvalue weighted by atomic mass is 28.3. The monoisotopic (exact) mass is 477 g/mol. The Kier molecular flexibility index (Phi) is 5.33. The number of para-hydroxylation sites is 1. The Balaban J connectivity index is 1.33. The van der Waals surface area contributed by atoms with Crippen LogP contribution in [0.4, 0.5) is 6.01 Å². The molecule has 1 fully saturated rings. The van der Waals surface area contributed by atoms with Crippen LogP contribution in [0.2, 0.25) is 25.7 Å². The Hall–Kier alpha value is -2.91. The Labute approximate surface area is 199 Å². The molecule has 1 atom stereocenters. The first-order valence-corrected chi connectivity index (χ1v) is 15.9. The van der Waals surface area contributed by atoms with Crippen molar-refractivity contribution >= 4 is 25.1 Å². The van der Waals surface area contributed by atoms with Crippen molar-refractivity contribution in [2.24, 2.45) is 0 Å². The second-order valence-electron chi connectivity index (χ2n) is 10.6. The third-order valence-electron chi connectivity index (χ3n) is 6.68. The molecule has 9 heteroatoms. The third kappa shape index (κ3) is 4.18. The molecule has 6 rings (SSSR count). The summed E-state index contributed by atoms with van der Waals surface area (Å²) in [7, 11) is -1.12. The summed E-state index contributed by atoms with van der Waals surface area (Å²) in [5, 5.41) is 9.80. The predicted octanol–water partition coefficient (Wildman–Crippen LogP) is 5.35. The van der Waals surface area contributed by atoms with Gasteiger partial charge in [-0.05, 0) is 31.0 Å². The number of aromatic nitrogens is 4. The van der Waals surface area contributed by atoms with Crippen molar-refractivity contribution in [2.75, 3.05) is 18.1 Å². The van der Waals surface area contributed by atoms with E-state index in [1.165, 1.54) is 5.69 Å². The summed E-state index contributed by atoms with van der Waals surface area (Å²) >= 11 is 0. The first-order chi connectivity index (χ1) is 16.5. The third-order valence-corrected chi connectivity index (χ3v) is 8.39. The zero-order valence-electron chi connectivity index (χ0n) is 20.0. The maximum Gasteiger partial charge on any atom is 0.319 e. The van der Waals surface area contributed by atoms with Crippen LogP contribution in [-0.4, -0.2) is 41.0 Å². The van der Waals surface area contributed by atoms with Gasteiger partial charge in [0.25, 0.3) is 0 Å². The molecule has 0 saturated heterocycles. The fraction of sp³-hybridized carbons (Fsp3) is 0.480. The van der Waals surface area contributed by atoms with Gasteiger partial charge in [0.2, 0.25) is 5.89 Å². The molecule has 8 nitrogen and oxygen atoms in total. The van der Waals surface area contributed by atoms with Crippen LogP contribution >= 0.6 is 0 Å². The zero-order valence-corrected chi connectivity index (χ0v) is 21.0. The number of nitrogens with zero attached hydrogens (tertiary/aromatic N) is 5. The van der Waals surface area contributed by atoms with E-state index in [0.29, 0.717) is 18.7 Å². The van der Waals surface area contributed by atoms with Gasteiger partial charge in [0.1, 0.15) is 24.1 Å². The lowest BCUT2D eigenvalue weighted by Gasteiger charge is -2.32. The molecule has 0 bridgehead atoms. The van der Waals surface area contributed by atoms with Gasteiger partial charge >= 0.3 is 6.01 Å². The molecule has 3 aromatic heterocycles. The summed E-state index contributed by atoms with van der Waals surface area (Å²) in [6, 6.07) is 11.6. The number of hydrogen-bond donors (Lipinski definition) is 0. The molecule has 0 N–H and O–H groups in total. The number of benzene rings is 1. The number of anilines is 1. The first kappa shape index (κ1) is 21.6. The number of hydrogen-bond acceptors (Lipinski definition) is 7. The quantitative estimate of drug-likeness (QED) is 0.250. The SMILES string of the molecule is C[Si](C)(C)CCOCn1cnc2c1CCN(c1nnc(C3CC3)o1)C2c1cc2ccccc2o1. The van der Waals surface area contributed by atoms with Crippen molar-refractivity contribution in [2.45, 2.75) is 63.6 Å². The van der Waals surface area contributed by atoms with Gasteiger partial charge in [-0.25, -0.2) is 4.98 Å². The van der Waals surface area contributed by atoms with E-state index in [0.717, 1.165) is 66.8 Å². The standard InChI is InChI=1S/C25H31N5O3Si/c1-34(2,3)13-12-31-16-29-15-26-22-19(29)10-11-30(25-28-27-24(33-25)17-8-9-17)23(22)21-14-18-6-4-5-7-20(18)32-21/h4-7,14-15,17,23H,8-13,16H2,1-3H3. The number of fused-ring (bicyclic) bond motifs is 2. The highest BCUT2D eigenvalue weighted by molar-refractivity contribution is 6.76. The maximum absolute atomic E-state index is 6.32. The smallest absolute Gasteiger partial charge is 0.319 e. The van der Waals surface area contributed by atoms with Crippen LogP contribution in [-0.2, 0) is 17.9 Å². The molecule has 34 heavy (non-hydrogen) atoms. The van der Waals surface area contributed by atoms with Crippen LogP contribution < -0.4 is 4.90 Å². The van der Waals surface area contributed by atoms with E-state index in [2.05, 4.69) is 51.4 Å². The summed E-state index contributed by atoms with van der Waals surface area (Å²) in [6.45, 7) is 9.15. The lowest BCUT2D eigenvalue weighted by Crippen LogP contribution is -2.37. The molecule has 1 aliphatic carbocycles. The van der Waals surface area contributed by atoms with Crippen LogP contribution in [0.1, 0.15) is 47.8 Å². The number of imidazole rings is 1. The molecule has 0 radical (unpaired) electrons. The number of rotatable bonds is 8. The van der Waals surface area contributed by atoms with Crippen LogP contribution in [0.25, 0.3) is 11.0 Å².